The SMILES string of the molecule is CCNC(=NCC(C1CC1)C1CC1)NCCCN1CCCC1=O.I. The number of halogens is 1. The van der Waals surface area contributed by atoms with Crippen molar-refractivity contribution < 1.29 is 4.79 Å². The van der Waals surface area contributed by atoms with Crippen LogP contribution in [0.15, 0.2) is 4.99 Å². The van der Waals surface area contributed by atoms with Crippen LogP contribution < -0.4 is 10.6 Å². The normalized spacial score (nSPS) is 21.2. The summed E-state index contributed by atoms with van der Waals surface area (Å²) in [6, 6.07) is 0. The molecule has 1 amide bonds. The van der Waals surface area contributed by atoms with Gasteiger partial charge in [0.05, 0.1) is 0 Å². The van der Waals surface area contributed by atoms with Crippen molar-refractivity contribution in [2.45, 2.75) is 51.9 Å². The highest BCUT2D eigenvalue weighted by Crippen LogP contribution is 2.49. The highest BCUT2D eigenvalue weighted by molar-refractivity contribution is 14.0. The van der Waals surface area contributed by atoms with Gasteiger partial charge in [0.1, 0.15) is 0 Å². The van der Waals surface area contributed by atoms with E-state index in [-0.39, 0.29) is 24.0 Å². The summed E-state index contributed by atoms with van der Waals surface area (Å²) in [6.45, 7) is 6.69. The Balaban J connectivity index is 0.00000208. The zero-order chi connectivity index (χ0) is 16.1. The predicted molar refractivity (Wildman–Crippen MR) is 109 cm³/mol. The van der Waals surface area contributed by atoms with Crippen molar-refractivity contribution in [2.24, 2.45) is 22.7 Å². The topological polar surface area (TPSA) is 56.7 Å². The van der Waals surface area contributed by atoms with Gasteiger partial charge in [-0.15, -0.1) is 24.0 Å². The van der Waals surface area contributed by atoms with E-state index in [1.54, 1.807) is 0 Å². The molecule has 138 valence electrons. The van der Waals surface area contributed by atoms with Crippen molar-refractivity contribution in [3.63, 3.8) is 0 Å². The third-order valence-electron chi connectivity index (χ3n) is 5.33. The maximum atomic E-state index is 11.6. The zero-order valence-corrected chi connectivity index (χ0v) is 17.3. The Morgan fingerprint density at radius 3 is 2.50 bits per heavy atom. The fourth-order valence-corrected chi connectivity index (χ4v) is 3.69. The third-order valence-corrected chi connectivity index (χ3v) is 5.33. The lowest BCUT2D eigenvalue weighted by Gasteiger charge is -2.17. The summed E-state index contributed by atoms with van der Waals surface area (Å²) in [7, 11) is 0. The van der Waals surface area contributed by atoms with Crippen LogP contribution in [0.4, 0.5) is 0 Å². The van der Waals surface area contributed by atoms with E-state index in [1.807, 2.05) is 4.90 Å². The van der Waals surface area contributed by atoms with Gasteiger partial charge in [-0.1, -0.05) is 0 Å². The average molecular weight is 448 g/mol. The number of carbonyl (C=O) groups excluding carboxylic acids is 1. The molecule has 0 unspecified atom stereocenters. The van der Waals surface area contributed by atoms with E-state index in [0.29, 0.717) is 5.91 Å². The molecule has 1 heterocycles. The van der Waals surface area contributed by atoms with E-state index in [1.165, 1.54) is 25.7 Å². The summed E-state index contributed by atoms with van der Waals surface area (Å²) in [5.74, 6) is 4.01. The van der Waals surface area contributed by atoms with Crippen LogP contribution in [0.2, 0.25) is 0 Å². The lowest BCUT2D eigenvalue weighted by atomic mass is 9.98. The first-order valence-corrected chi connectivity index (χ1v) is 9.58. The van der Waals surface area contributed by atoms with Crippen LogP contribution in [0.1, 0.15) is 51.9 Å². The molecule has 0 spiro atoms. The van der Waals surface area contributed by atoms with Crippen LogP contribution in [0.5, 0.6) is 0 Å². The number of likely N-dealkylation sites (tertiary alicyclic amines) is 1. The van der Waals surface area contributed by atoms with Crippen LogP contribution in [-0.2, 0) is 4.79 Å². The molecule has 2 N–H and O–H groups in total. The molecule has 3 rings (SSSR count). The minimum Gasteiger partial charge on any atom is -0.357 e. The number of nitrogens with zero attached hydrogens (tertiary/aromatic N) is 2. The molecule has 0 atom stereocenters. The summed E-state index contributed by atoms with van der Waals surface area (Å²) < 4.78 is 0. The number of aliphatic imine (C=N–C) groups is 1. The van der Waals surface area contributed by atoms with Crippen LogP contribution in [0.25, 0.3) is 0 Å². The van der Waals surface area contributed by atoms with Gasteiger partial charge in [-0.2, -0.15) is 0 Å². The first-order valence-electron chi connectivity index (χ1n) is 9.58. The molecule has 3 fully saturated rings. The summed E-state index contributed by atoms with van der Waals surface area (Å²) in [5, 5.41) is 6.79. The van der Waals surface area contributed by atoms with Crippen molar-refractivity contribution >= 4 is 35.8 Å². The van der Waals surface area contributed by atoms with Crippen LogP contribution in [-0.4, -0.2) is 49.5 Å². The number of amides is 1. The lowest BCUT2D eigenvalue weighted by molar-refractivity contribution is -0.127. The number of guanidine groups is 1. The predicted octanol–water partition coefficient (Wildman–Crippen LogP) is 2.61. The Labute approximate surface area is 163 Å². The number of hydrogen-bond acceptors (Lipinski definition) is 2. The number of carbonyl (C=O) groups is 1. The Kier molecular flexibility index (Phi) is 8.10. The summed E-state index contributed by atoms with van der Waals surface area (Å²) >= 11 is 0. The van der Waals surface area contributed by atoms with Crippen molar-refractivity contribution in [3.8, 4) is 0 Å². The van der Waals surface area contributed by atoms with Crippen molar-refractivity contribution in [3.05, 3.63) is 0 Å². The number of nitrogens with one attached hydrogen (secondary N) is 2. The maximum Gasteiger partial charge on any atom is 0.222 e. The van der Waals surface area contributed by atoms with E-state index in [2.05, 4.69) is 17.6 Å². The van der Waals surface area contributed by atoms with E-state index < -0.39 is 0 Å². The number of rotatable bonds is 9. The molecule has 0 aromatic carbocycles. The second-order valence-electron chi connectivity index (χ2n) is 7.32. The van der Waals surface area contributed by atoms with Crippen LogP contribution in [0.3, 0.4) is 0 Å². The fourth-order valence-electron chi connectivity index (χ4n) is 3.69. The summed E-state index contributed by atoms with van der Waals surface area (Å²) in [6.07, 6.45) is 8.44. The minimum atomic E-state index is 0. The molecule has 0 aromatic heterocycles. The molecule has 0 bridgehead atoms. The van der Waals surface area contributed by atoms with Gasteiger partial charge >= 0.3 is 0 Å². The Morgan fingerprint density at radius 2 is 1.96 bits per heavy atom. The molecule has 24 heavy (non-hydrogen) atoms. The highest BCUT2D eigenvalue weighted by Gasteiger charge is 2.41. The molecule has 1 aliphatic heterocycles. The van der Waals surface area contributed by atoms with Gasteiger partial charge in [0.2, 0.25) is 5.91 Å². The molecule has 2 aliphatic carbocycles. The second-order valence-corrected chi connectivity index (χ2v) is 7.32. The third kappa shape index (κ3) is 6.08. The van der Waals surface area contributed by atoms with Crippen molar-refractivity contribution in [2.75, 3.05) is 32.7 Å². The largest absolute Gasteiger partial charge is 0.357 e. The van der Waals surface area contributed by atoms with Gasteiger partial charge in [0.25, 0.3) is 0 Å². The van der Waals surface area contributed by atoms with Gasteiger partial charge < -0.3 is 15.5 Å². The van der Waals surface area contributed by atoms with Crippen LogP contribution in [0, 0.1) is 17.8 Å². The zero-order valence-electron chi connectivity index (χ0n) is 14.9. The standard InChI is InChI=1S/C18H32N4O.HI/c1-2-19-18(20-10-4-12-22-11-3-5-17(22)23)21-13-16(14-6-7-14)15-8-9-15;/h14-16H,2-13H2,1H3,(H2,19,20,21);1H. The van der Waals surface area contributed by atoms with Gasteiger partial charge in [0, 0.05) is 39.1 Å². The van der Waals surface area contributed by atoms with Gasteiger partial charge in [-0.3, -0.25) is 9.79 Å². The fraction of sp³-hybridized carbons (Fsp3) is 0.889. The second kappa shape index (κ2) is 9.82. The first-order chi connectivity index (χ1) is 11.3. The molecule has 2 saturated carbocycles. The Morgan fingerprint density at radius 1 is 1.25 bits per heavy atom. The summed E-state index contributed by atoms with van der Waals surface area (Å²) in [5.41, 5.74) is 0. The van der Waals surface area contributed by atoms with Gasteiger partial charge in [-0.25, -0.2) is 0 Å². The highest BCUT2D eigenvalue weighted by atomic mass is 127. The molecule has 0 aromatic rings. The monoisotopic (exact) mass is 448 g/mol. The Hall–Kier alpha value is -0.530. The molecule has 1 saturated heterocycles. The molecule has 3 aliphatic rings. The van der Waals surface area contributed by atoms with E-state index in [9.17, 15) is 4.79 Å². The van der Waals surface area contributed by atoms with Gasteiger partial charge in [0.15, 0.2) is 5.96 Å². The lowest BCUT2D eigenvalue weighted by Crippen LogP contribution is -2.39. The Bertz CT molecular complexity index is 423. The minimum absolute atomic E-state index is 0. The average Bonchev–Trinajstić information content (AvgIpc) is 3.45. The quantitative estimate of drug-likeness (QED) is 0.247. The smallest absolute Gasteiger partial charge is 0.222 e. The molecular weight excluding hydrogens is 415 g/mol. The van der Waals surface area contributed by atoms with Crippen LogP contribution >= 0.6 is 24.0 Å². The van der Waals surface area contributed by atoms with Crippen molar-refractivity contribution in [1.82, 2.24) is 15.5 Å². The van der Waals surface area contributed by atoms with E-state index in [4.69, 9.17) is 4.99 Å². The van der Waals surface area contributed by atoms with E-state index >= 15 is 0 Å². The summed E-state index contributed by atoms with van der Waals surface area (Å²) in [4.78, 5) is 18.4. The number of hydrogen-bond donors (Lipinski definition) is 2. The van der Waals surface area contributed by atoms with E-state index in [0.717, 1.165) is 75.7 Å². The molecule has 0 radical (unpaired) electrons. The van der Waals surface area contributed by atoms with Gasteiger partial charge in [-0.05, 0) is 63.2 Å². The van der Waals surface area contributed by atoms with Crippen molar-refractivity contribution in [1.29, 1.82) is 0 Å². The maximum absolute atomic E-state index is 11.6. The molecule has 6 heteroatoms. The molecular formula is C18H33IN4O. The molecule has 5 nitrogen and oxygen atoms in total. The first kappa shape index (κ1) is 19.8.